The molecule has 3 rings (SSSR count). The van der Waals surface area contributed by atoms with E-state index in [0.717, 1.165) is 50.1 Å². The smallest absolute Gasteiger partial charge is 0.225 e. The van der Waals surface area contributed by atoms with E-state index >= 15 is 0 Å². The molecule has 0 amide bonds. The van der Waals surface area contributed by atoms with Gasteiger partial charge in [0.25, 0.3) is 0 Å². The molecule has 2 aromatic rings. The van der Waals surface area contributed by atoms with Gasteiger partial charge in [0.05, 0.1) is 0 Å². The van der Waals surface area contributed by atoms with Crippen molar-refractivity contribution < 1.29 is 0 Å². The molecule has 2 aromatic heterocycles. The Hall–Kier alpha value is -2.24. The second kappa shape index (κ2) is 6.03. The zero-order valence-corrected chi connectivity index (χ0v) is 12.5. The van der Waals surface area contributed by atoms with Crippen molar-refractivity contribution in [1.82, 2.24) is 19.9 Å². The molecule has 1 aliphatic heterocycles. The van der Waals surface area contributed by atoms with E-state index in [1.165, 1.54) is 5.56 Å². The van der Waals surface area contributed by atoms with Crippen molar-refractivity contribution in [3.63, 3.8) is 0 Å². The van der Waals surface area contributed by atoms with Gasteiger partial charge in [-0.05, 0) is 18.9 Å². The van der Waals surface area contributed by atoms with E-state index in [9.17, 15) is 0 Å². The summed E-state index contributed by atoms with van der Waals surface area (Å²) in [5.74, 6) is 1.83. The molecule has 1 saturated heterocycles. The van der Waals surface area contributed by atoms with Crippen LogP contribution in [-0.4, -0.2) is 46.1 Å². The molecule has 0 atom stereocenters. The van der Waals surface area contributed by atoms with Crippen molar-refractivity contribution in [3.8, 4) is 0 Å². The lowest BCUT2D eigenvalue weighted by atomic mass is 10.3. The molecule has 6 nitrogen and oxygen atoms in total. The van der Waals surface area contributed by atoms with Gasteiger partial charge >= 0.3 is 0 Å². The van der Waals surface area contributed by atoms with Crippen molar-refractivity contribution in [2.24, 2.45) is 0 Å². The molecular weight excluding hydrogens is 264 g/mol. The highest BCUT2D eigenvalue weighted by Crippen LogP contribution is 2.16. The lowest BCUT2D eigenvalue weighted by molar-refractivity contribution is 0.633. The number of anilines is 2. The maximum Gasteiger partial charge on any atom is 0.225 e. The van der Waals surface area contributed by atoms with E-state index in [1.54, 1.807) is 6.33 Å². The molecule has 1 fully saturated rings. The largest absolute Gasteiger partial charge is 0.353 e. The third kappa shape index (κ3) is 3.09. The predicted molar refractivity (Wildman–Crippen MR) is 82.6 cm³/mol. The molecule has 21 heavy (non-hydrogen) atoms. The van der Waals surface area contributed by atoms with Crippen LogP contribution in [0.2, 0.25) is 0 Å². The van der Waals surface area contributed by atoms with Gasteiger partial charge in [0.15, 0.2) is 0 Å². The fourth-order valence-corrected chi connectivity index (χ4v) is 2.44. The summed E-state index contributed by atoms with van der Waals surface area (Å²) in [4.78, 5) is 21.9. The summed E-state index contributed by atoms with van der Waals surface area (Å²) in [5, 5.41) is 0. The Morgan fingerprint density at radius 2 is 1.62 bits per heavy atom. The summed E-state index contributed by atoms with van der Waals surface area (Å²) in [5.41, 5.74) is 2.18. The molecule has 3 heterocycles. The van der Waals surface area contributed by atoms with E-state index in [1.807, 2.05) is 25.4 Å². The Bertz CT molecular complexity index is 589. The van der Waals surface area contributed by atoms with Crippen molar-refractivity contribution in [2.75, 3.05) is 36.0 Å². The fraction of sp³-hybridized carbons (Fsp3) is 0.467. The minimum absolute atomic E-state index is 0.825. The fourth-order valence-electron chi connectivity index (χ4n) is 2.44. The quantitative estimate of drug-likeness (QED) is 0.850. The van der Waals surface area contributed by atoms with Crippen molar-refractivity contribution in [2.45, 2.75) is 20.3 Å². The maximum absolute atomic E-state index is 4.46. The van der Waals surface area contributed by atoms with Crippen LogP contribution >= 0.6 is 0 Å². The zero-order valence-electron chi connectivity index (χ0n) is 12.5. The van der Waals surface area contributed by atoms with Gasteiger partial charge < -0.3 is 9.80 Å². The van der Waals surface area contributed by atoms with Gasteiger partial charge in [0.2, 0.25) is 5.95 Å². The first-order valence-corrected chi connectivity index (χ1v) is 7.35. The second-order valence-corrected chi connectivity index (χ2v) is 5.24. The van der Waals surface area contributed by atoms with Crippen LogP contribution in [0.3, 0.4) is 0 Å². The van der Waals surface area contributed by atoms with Crippen LogP contribution in [0.15, 0.2) is 24.8 Å². The highest BCUT2D eigenvalue weighted by molar-refractivity contribution is 5.42. The Morgan fingerprint density at radius 3 is 2.24 bits per heavy atom. The molecule has 0 aromatic carbocycles. The van der Waals surface area contributed by atoms with E-state index in [4.69, 9.17) is 0 Å². The molecule has 0 unspecified atom stereocenters. The number of nitrogens with zero attached hydrogens (tertiary/aromatic N) is 6. The maximum atomic E-state index is 4.46. The van der Waals surface area contributed by atoms with Crippen LogP contribution in [0.25, 0.3) is 0 Å². The van der Waals surface area contributed by atoms with E-state index in [-0.39, 0.29) is 0 Å². The van der Waals surface area contributed by atoms with Crippen LogP contribution < -0.4 is 9.80 Å². The van der Waals surface area contributed by atoms with E-state index in [2.05, 4.69) is 36.7 Å². The third-order valence-corrected chi connectivity index (χ3v) is 3.78. The molecule has 0 saturated carbocycles. The first-order valence-electron chi connectivity index (χ1n) is 7.35. The standard InChI is InChI=1S/C15H20N6/c1-3-13-9-16-15(17-10-13)21-6-4-20(5-7-21)14-8-12(2)18-11-19-14/h8-11H,3-7H2,1-2H3. The Balaban J connectivity index is 1.64. The first kappa shape index (κ1) is 13.7. The van der Waals surface area contributed by atoms with Crippen LogP contribution in [0.4, 0.5) is 11.8 Å². The number of rotatable bonds is 3. The number of hydrogen-bond acceptors (Lipinski definition) is 6. The van der Waals surface area contributed by atoms with Gasteiger partial charge in [-0.3, -0.25) is 0 Å². The number of piperazine rings is 1. The Morgan fingerprint density at radius 1 is 0.952 bits per heavy atom. The molecule has 0 aliphatic carbocycles. The molecule has 0 N–H and O–H groups in total. The number of aromatic nitrogens is 4. The van der Waals surface area contributed by atoms with Gasteiger partial charge in [0.1, 0.15) is 12.1 Å². The lowest BCUT2D eigenvalue weighted by Crippen LogP contribution is -2.47. The molecular formula is C15H20N6. The molecule has 0 bridgehead atoms. The van der Waals surface area contributed by atoms with Crippen molar-refractivity contribution >= 4 is 11.8 Å². The highest BCUT2D eigenvalue weighted by Gasteiger charge is 2.19. The Kier molecular flexibility index (Phi) is 3.94. The summed E-state index contributed by atoms with van der Waals surface area (Å²) in [6.45, 7) is 7.78. The molecule has 110 valence electrons. The van der Waals surface area contributed by atoms with Crippen LogP contribution in [0.5, 0.6) is 0 Å². The third-order valence-electron chi connectivity index (χ3n) is 3.78. The highest BCUT2D eigenvalue weighted by atomic mass is 15.3. The number of aryl methyl sites for hydroxylation is 2. The SMILES string of the molecule is CCc1cnc(N2CCN(c3cc(C)ncn3)CC2)nc1. The summed E-state index contributed by atoms with van der Waals surface area (Å²) in [7, 11) is 0. The molecule has 6 heteroatoms. The van der Waals surface area contributed by atoms with Gasteiger partial charge in [0, 0.05) is 50.3 Å². The number of hydrogen-bond donors (Lipinski definition) is 0. The van der Waals surface area contributed by atoms with Gasteiger partial charge in [-0.15, -0.1) is 0 Å². The van der Waals surface area contributed by atoms with Crippen LogP contribution in [-0.2, 0) is 6.42 Å². The van der Waals surface area contributed by atoms with Crippen LogP contribution in [0, 0.1) is 6.92 Å². The van der Waals surface area contributed by atoms with Gasteiger partial charge in [-0.2, -0.15) is 0 Å². The predicted octanol–water partition coefficient (Wildman–Crippen LogP) is 1.46. The monoisotopic (exact) mass is 284 g/mol. The van der Waals surface area contributed by atoms with Crippen LogP contribution in [0.1, 0.15) is 18.2 Å². The average molecular weight is 284 g/mol. The van der Waals surface area contributed by atoms with Gasteiger partial charge in [-0.1, -0.05) is 6.92 Å². The van der Waals surface area contributed by atoms with E-state index in [0.29, 0.717) is 0 Å². The molecule has 0 spiro atoms. The average Bonchev–Trinajstić information content (AvgIpc) is 2.55. The zero-order chi connectivity index (χ0) is 14.7. The summed E-state index contributed by atoms with van der Waals surface area (Å²) >= 11 is 0. The normalized spacial score (nSPS) is 15.3. The van der Waals surface area contributed by atoms with Gasteiger partial charge in [-0.25, -0.2) is 19.9 Å². The van der Waals surface area contributed by atoms with E-state index < -0.39 is 0 Å². The molecule has 0 radical (unpaired) electrons. The first-order chi connectivity index (χ1) is 10.3. The minimum Gasteiger partial charge on any atom is -0.353 e. The topological polar surface area (TPSA) is 58.0 Å². The summed E-state index contributed by atoms with van der Waals surface area (Å²) in [6, 6.07) is 2.03. The summed E-state index contributed by atoms with van der Waals surface area (Å²) < 4.78 is 0. The Labute approximate surface area is 124 Å². The van der Waals surface area contributed by atoms with Crippen molar-refractivity contribution in [1.29, 1.82) is 0 Å². The second-order valence-electron chi connectivity index (χ2n) is 5.24. The summed E-state index contributed by atoms with van der Waals surface area (Å²) in [6.07, 6.45) is 6.44. The molecule has 1 aliphatic rings. The minimum atomic E-state index is 0.825. The van der Waals surface area contributed by atoms with Crippen molar-refractivity contribution in [3.05, 3.63) is 36.0 Å². The lowest BCUT2D eigenvalue weighted by Gasteiger charge is -2.35.